The molecular weight excluding hydrogens is 301 g/mol. The number of anilines is 1. The Kier molecular flexibility index (Phi) is 9.95. The first-order valence-corrected chi connectivity index (χ1v) is 4.63. The van der Waals surface area contributed by atoms with Gasteiger partial charge in [-0.15, -0.1) is 24.8 Å². The van der Waals surface area contributed by atoms with Crippen LogP contribution in [0.2, 0.25) is 0 Å². The van der Waals surface area contributed by atoms with E-state index in [1.165, 1.54) is 0 Å². The molecule has 0 saturated heterocycles. The molecule has 0 fully saturated rings. The van der Waals surface area contributed by atoms with E-state index in [0.717, 1.165) is 10.0 Å². The molecular formula is C9H12BrCl2N3. The molecule has 0 saturated carbocycles. The molecule has 1 rings (SSSR count). The number of halogens is 3. The minimum absolute atomic E-state index is 0. The first-order valence-electron chi connectivity index (χ1n) is 3.84. The van der Waals surface area contributed by atoms with Crippen LogP contribution in [0.5, 0.6) is 0 Å². The van der Waals surface area contributed by atoms with E-state index in [2.05, 4.69) is 32.8 Å². The van der Waals surface area contributed by atoms with Crippen molar-refractivity contribution in [3.05, 3.63) is 22.3 Å². The van der Waals surface area contributed by atoms with Gasteiger partial charge in [0, 0.05) is 24.7 Å². The summed E-state index contributed by atoms with van der Waals surface area (Å²) in [5.41, 5.74) is 11.7. The number of nitrogens with zero attached hydrogens (tertiary/aromatic N) is 1. The second-order valence-corrected chi connectivity index (χ2v) is 3.29. The maximum atomic E-state index is 5.52. The lowest BCUT2D eigenvalue weighted by atomic mass is 10.3. The van der Waals surface area contributed by atoms with Gasteiger partial charge in [-0.25, -0.2) is 4.98 Å². The van der Waals surface area contributed by atoms with E-state index in [1.807, 2.05) is 6.07 Å². The Morgan fingerprint density at radius 2 is 2.07 bits per heavy atom. The molecule has 1 aromatic rings. The number of nitrogen functional groups attached to an aromatic ring is 1. The topological polar surface area (TPSA) is 64.9 Å². The van der Waals surface area contributed by atoms with E-state index < -0.39 is 0 Å². The third-order valence-corrected chi connectivity index (χ3v) is 2.01. The van der Waals surface area contributed by atoms with Crippen molar-refractivity contribution in [3.8, 4) is 11.8 Å². The first-order chi connectivity index (χ1) is 6.24. The molecule has 0 amide bonds. The summed E-state index contributed by atoms with van der Waals surface area (Å²) in [5.74, 6) is 6.33. The van der Waals surface area contributed by atoms with Gasteiger partial charge in [-0.3, -0.25) is 0 Å². The highest BCUT2D eigenvalue weighted by Gasteiger charge is 1.95. The van der Waals surface area contributed by atoms with Crippen molar-refractivity contribution in [1.29, 1.82) is 0 Å². The van der Waals surface area contributed by atoms with Crippen molar-refractivity contribution in [2.24, 2.45) is 5.73 Å². The molecule has 1 heterocycles. The van der Waals surface area contributed by atoms with Crippen LogP contribution in [0.15, 0.2) is 16.7 Å². The monoisotopic (exact) mass is 311 g/mol. The van der Waals surface area contributed by atoms with Crippen LogP contribution in [-0.4, -0.2) is 11.5 Å². The van der Waals surface area contributed by atoms with Crippen molar-refractivity contribution in [2.45, 2.75) is 6.42 Å². The van der Waals surface area contributed by atoms with E-state index in [-0.39, 0.29) is 24.8 Å². The highest BCUT2D eigenvalue weighted by Crippen LogP contribution is 2.16. The van der Waals surface area contributed by atoms with Crippen molar-refractivity contribution >= 4 is 46.6 Å². The minimum Gasteiger partial charge on any atom is -0.383 e. The summed E-state index contributed by atoms with van der Waals surface area (Å²) in [6.45, 7) is 0.580. The average molecular weight is 313 g/mol. The lowest BCUT2D eigenvalue weighted by Gasteiger charge is -1.95. The van der Waals surface area contributed by atoms with Crippen LogP contribution in [0.1, 0.15) is 12.0 Å². The number of rotatable bonds is 1. The van der Waals surface area contributed by atoms with E-state index in [0.29, 0.717) is 18.8 Å². The molecule has 0 bridgehead atoms. The van der Waals surface area contributed by atoms with Gasteiger partial charge in [-0.05, 0) is 22.0 Å². The van der Waals surface area contributed by atoms with Crippen LogP contribution in [0.25, 0.3) is 0 Å². The fraction of sp³-hybridized carbons (Fsp3) is 0.222. The van der Waals surface area contributed by atoms with Crippen LogP contribution in [0, 0.1) is 11.8 Å². The Hall–Kier alpha value is -0.470. The molecule has 0 spiro atoms. The molecule has 4 N–H and O–H groups in total. The molecule has 0 aliphatic rings. The third kappa shape index (κ3) is 5.85. The summed E-state index contributed by atoms with van der Waals surface area (Å²) in [6.07, 6.45) is 2.34. The summed E-state index contributed by atoms with van der Waals surface area (Å²) in [5, 5.41) is 0. The predicted molar refractivity (Wildman–Crippen MR) is 71.4 cm³/mol. The van der Waals surface area contributed by atoms with E-state index in [1.54, 1.807) is 6.20 Å². The zero-order valence-electron chi connectivity index (χ0n) is 7.87. The summed E-state index contributed by atoms with van der Waals surface area (Å²) >= 11 is 3.28. The first kappa shape index (κ1) is 16.9. The number of hydrogen-bond acceptors (Lipinski definition) is 3. The van der Waals surface area contributed by atoms with Gasteiger partial charge in [0.2, 0.25) is 0 Å². The Balaban J connectivity index is 0. The molecule has 3 nitrogen and oxygen atoms in total. The maximum Gasteiger partial charge on any atom is 0.137 e. The van der Waals surface area contributed by atoms with Gasteiger partial charge < -0.3 is 11.5 Å². The second-order valence-electron chi connectivity index (χ2n) is 2.43. The van der Waals surface area contributed by atoms with Crippen LogP contribution in [0.3, 0.4) is 0 Å². The summed E-state index contributed by atoms with van der Waals surface area (Å²) < 4.78 is 0.770. The Morgan fingerprint density at radius 1 is 1.40 bits per heavy atom. The van der Waals surface area contributed by atoms with Crippen LogP contribution in [0.4, 0.5) is 5.82 Å². The SMILES string of the molecule is Cl.Cl.NCCC#Cc1cnc(N)c(Br)c1. The molecule has 84 valence electrons. The molecule has 0 atom stereocenters. The smallest absolute Gasteiger partial charge is 0.137 e. The zero-order chi connectivity index (χ0) is 9.68. The lowest BCUT2D eigenvalue weighted by molar-refractivity contribution is 1.03. The summed E-state index contributed by atoms with van der Waals surface area (Å²) in [7, 11) is 0. The fourth-order valence-corrected chi connectivity index (χ4v) is 1.10. The van der Waals surface area contributed by atoms with Crippen molar-refractivity contribution in [3.63, 3.8) is 0 Å². The molecule has 6 heteroatoms. The normalized spacial score (nSPS) is 7.87. The predicted octanol–water partition coefficient (Wildman–Crippen LogP) is 1.97. The molecule has 0 radical (unpaired) electrons. The van der Waals surface area contributed by atoms with Gasteiger partial charge in [0.1, 0.15) is 5.82 Å². The zero-order valence-corrected chi connectivity index (χ0v) is 11.1. The highest BCUT2D eigenvalue weighted by atomic mass is 79.9. The number of aromatic nitrogens is 1. The van der Waals surface area contributed by atoms with Crippen LogP contribution >= 0.6 is 40.7 Å². The minimum atomic E-state index is 0. The van der Waals surface area contributed by atoms with Gasteiger partial charge in [0.25, 0.3) is 0 Å². The number of pyridine rings is 1. The average Bonchev–Trinajstić information content (AvgIpc) is 2.12. The van der Waals surface area contributed by atoms with Crippen LogP contribution < -0.4 is 11.5 Å². The molecule has 0 aliphatic carbocycles. The lowest BCUT2D eigenvalue weighted by Crippen LogP contribution is -1.95. The van der Waals surface area contributed by atoms with Crippen molar-refractivity contribution < 1.29 is 0 Å². The number of nitrogens with two attached hydrogens (primary N) is 2. The maximum absolute atomic E-state index is 5.52. The third-order valence-electron chi connectivity index (χ3n) is 1.37. The highest BCUT2D eigenvalue weighted by molar-refractivity contribution is 9.10. The quantitative estimate of drug-likeness (QED) is 0.779. The molecule has 15 heavy (non-hydrogen) atoms. The van der Waals surface area contributed by atoms with E-state index in [4.69, 9.17) is 11.5 Å². The fourth-order valence-electron chi connectivity index (χ4n) is 0.754. The van der Waals surface area contributed by atoms with E-state index >= 15 is 0 Å². The van der Waals surface area contributed by atoms with Gasteiger partial charge in [-0.2, -0.15) is 0 Å². The molecule has 1 aromatic heterocycles. The number of hydrogen-bond donors (Lipinski definition) is 2. The van der Waals surface area contributed by atoms with Gasteiger partial charge in [0.05, 0.1) is 4.47 Å². The Labute approximate surface area is 110 Å². The molecule has 0 aliphatic heterocycles. The molecule has 0 aromatic carbocycles. The second kappa shape index (κ2) is 8.81. The Morgan fingerprint density at radius 3 is 2.60 bits per heavy atom. The van der Waals surface area contributed by atoms with Crippen molar-refractivity contribution in [2.75, 3.05) is 12.3 Å². The van der Waals surface area contributed by atoms with Gasteiger partial charge in [-0.1, -0.05) is 11.8 Å². The largest absolute Gasteiger partial charge is 0.383 e. The van der Waals surface area contributed by atoms with Gasteiger partial charge in [0.15, 0.2) is 0 Å². The van der Waals surface area contributed by atoms with Crippen molar-refractivity contribution in [1.82, 2.24) is 4.98 Å². The van der Waals surface area contributed by atoms with E-state index in [9.17, 15) is 0 Å². The van der Waals surface area contributed by atoms with Gasteiger partial charge >= 0.3 is 0 Å². The summed E-state index contributed by atoms with van der Waals surface area (Å²) in [4.78, 5) is 3.95. The Bertz CT molecular complexity index is 360. The molecule has 0 unspecified atom stereocenters. The summed E-state index contributed by atoms with van der Waals surface area (Å²) in [6, 6.07) is 1.84. The standard InChI is InChI=1S/C9H10BrN3.2ClH/c10-8-5-7(3-1-2-4-11)6-13-9(8)12;;/h5-6H,2,4,11H2,(H2,12,13);2*1H. The van der Waals surface area contributed by atoms with Crippen LogP contribution in [-0.2, 0) is 0 Å².